The van der Waals surface area contributed by atoms with Gasteiger partial charge in [-0.2, -0.15) is 0 Å². The van der Waals surface area contributed by atoms with Crippen molar-refractivity contribution in [1.29, 1.82) is 0 Å². The Hall–Kier alpha value is -3.68. The number of hydrogen-bond acceptors (Lipinski definition) is 5. The van der Waals surface area contributed by atoms with Crippen LogP contribution in [0.25, 0.3) is 0 Å². The summed E-state index contributed by atoms with van der Waals surface area (Å²) in [5.74, 6) is 0.545. The first-order valence-corrected chi connectivity index (χ1v) is 10.1. The quantitative estimate of drug-likeness (QED) is 0.543. The zero-order chi connectivity index (χ0) is 22.1. The zero-order valence-electron chi connectivity index (χ0n) is 17.8. The molecular weight excluding hydrogens is 394 g/mol. The van der Waals surface area contributed by atoms with E-state index < -0.39 is 0 Å². The maximum Gasteiger partial charge on any atom is 0.276 e. The third-order valence-corrected chi connectivity index (χ3v) is 4.80. The van der Waals surface area contributed by atoms with Gasteiger partial charge in [-0.15, -0.1) is 5.10 Å². The van der Waals surface area contributed by atoms with E-state index in [1.807, 2.05) is 54.6 Å². The third-order valence-electron chi connectivity index (χ3n) is 4.80. The van der Waals surface area contributed by atoms with E-state index in [2.05, 4.69) is 15.6 Å². The van der Waals surface area contributed by atoms with Gasteiger partial charge >= 0.3 is 0 Å². The van der Waals surface area contributed by atoms with E-state index in [1.165, 1.54) is 0 Å². The molecule has 0 aliphatic heterocycles. The van der Waals surface area contributed by atoms with Gasteiger partial charge in [-0.25, -0.2) is 4.68 Å². The molecule has 8 nitrogen and oxygen atoms in total. The molecule has 2 aromatic carbocycles. The van der Waals surface area contributed by atoms with Crippen LogP contribution in [0.15, 0.2) is 60.8 Å². The summed E-state index contributed by atoms with van der Waals surface area (Å²) >= 11 is 0. The molecule has 0 aliphatic rings. The number of nitrogens with zero attached hydrogens (tertiary/aromatic N) is 4. The third kappa shape index (κ3) is 6.67. The maximum absolute atomic E-state index is 12.5. The van der Waals surface area contributed by atoms with Gasteiger partial charge < -0.3 is 15.0 Å². The van der Waals surface area contributed by atoms with E-state index in [4.69, 9.17) is 4.74 Å². The molecule has 3 aromatic rings. The molecule has 0 atom stereocenters. The van der Waals surface area contributed by atoms with Gasteiger partial charge in [-0.1, -0.05) is 47.7 Å². The molecule has 162 valence electrons. The maximum atomic E-state index is 12.5. The Kier molecular flexibility index (Phi) is 7.75. The molecule has 0 aliphatic carbocycles. The smallest absolute Gasteiger partial charge is 0.276 e. The number of carbonyl (C=O) groups excluding carboxylic acids is 2. The molecule has 1 N–H and O–H groups in total. The molecule has 1 heterocycles. The molecule has 31 heavy (non-hydrogen) atoms. The van der Waals surface area contributed by atoms with Crippen molar-refractivity contribution < 1.29 is 14.3 Å². The van der Waals surface area contributed by atoms with Crippen molar-refractivity contribution >= 4 is 11.8 Å². The molecule has 0 saturated carbocycles. The van der Waals surface area contributed by atoms with Gasteiger partial charge in [0.15, 0.2) is 5.69 Å². The van der Waals surface area contributed by atoms with E-state index in [0.717, 1.165) is 16.9 Å². The van der Waals surface area contributed by atoms with Gasteiger partial charge in [0.1, 0.15) is 5.75 Å². The first kappa shape index (κ1) is 22.0. The first-order chi connectivity index (χ1) is 15.0. The van der Waals surface area contributed by atoms with Crippen LogP contribution in [0.2, 0.25) is 0 Å². The number of aromatic nitrogens is 3. The number of ether oxygens (including phenoxy) is 1. The van der Waals surface area contributed by atoms with Gasteiger partial charge in [0.2, 0.25) is 5.91 Å². The normalized spacial score (nSPS) is 10.5. The Balaban J connectivity index is 1.41. The van der Waals surface area contributed by atoms with E-state index >= 15 is 0 Å². The van der Waals surface area contributed by atoms with E-state index in [0.29, 0.717) is 32.5 Å². The van der Waals surface area contributed by atoms with Crippen LogP contribution >= 0.6 is 0 Å². The second-order valence-corrected chi connectivity index (χ2v) is 7.22. The second kappa shape index (κ2) is 10.9. The second-order valence-electron chi connectivity index (χ2n) is 7.22. The number of carbonyl (C=O) groups is 2. The highest BCUT2D eigenvalue weighted by Crippen LogP contribution is 2.13. The molecule has 3 rings (SSSR count). The molecule has 0 radical (unpaired) electrons. The summed E-state index contributed by atoms with van der Waals surface area (Å²) in [6.07, 6.45) is 2.63. The van der Waals surface area contributed by atoms with E-state index in [1.54, 1.807) is 29.9 Å². The Labute approximate surface area is 181 Å². The van der Waals surface area contributed by atoms with Crippen molar-refractivity contribution in [2.24, 2.45) is 0 Å². The highest BCUT2D eigenvalue weighted by Gasteiger charge is 2.16. The van der Waals surface area contributed by atoms with Crippen LogP contribution in [0.4, 0.5) is 0 Å². The number of methoxy groups -OCH3 is 1. The zero-order valence-corrected chi connectivity index (χ0v) is 17.8. The fraction of sp³-hybridized carbons (Fsp3) is 0.304. The van der Waals surface area contributed by atoms with Crippen molar-refractivity contribution in [2.75, 3.05) is 20.7 Å². The lowest BCUT2D eigenvalue weighted by atomic mass is 10.1. The van der Waals surface area contributed by atoms with Crippen LogP contribution in [0.1, 0.15) is 28.0 Å². The van der Waals surface area contributed by atoms with Crippen LogP contribution < -0.4 is 10.1 Å². The minimum Gasteiger partial charge on any atom is -0.497 e. The van der Waals surface area contributed by atoms with Crippen LogP contribution in [0, 0.1) is 0 Å². The molecule has 8 heteroatoms. The van der Waals surface area contributed by atoms with E-state index in [-0.39, 0.29) is 17.5 Å². The predicted octanol–water partition coefficient (Wildman–Crippen LogP) is 2.31. The summed E-state index contributed by atoms with van der Waals surface area (Å²) in [7, 11) is 3.35. The minimum atomic E-state index is -0.197. The van der Waals surface area contributed by atoms with Gasteiger partial charge in [-0.05, 0) is 29.7 Å². The number of rotatable bonds is 10. The van der Waals surface area contributed by atoms with Gasteiger partial charge in [0.25, 0.3) is 5.91 Å². The average Bonchev–Trinajstić information content (AvgIpc) is 3.27. The van der Waals surface area contributed by atoms with Gasteiger partial charge in [0.05, 0.1) is 19.9 Å². The van der Waals surface area contributed by atoms with Crippen molar-refractivity contribution in [3.8, 4) is 5.75 Å². The molecule has 0 bridgehead atoms. The summed E-state index contributed by atoms with van der Waals surface area (Å²) in [6, 6.07) is 17.4. The summed E-state index contributed by atoms with van der Waals surface area (Å²) in [5.41, 5.74) is 2.37. The Morgan fingerprint density at radius 3 is 2.65 bits per heavy atom. The molecule has 0 fully saturated rings. The molecule has 0 spiro atoms. The number of aryl methyl sites for hydroxylation is 1. The van der Waals surface area contributed by atoms with Crippen molar-refractivity contribution in [1.82, 2.24) is 25.2 Å². The SMILES string of the molecule is COc1cccc(CCC(=O)NCCn2cc(C(=O)N(C)Cc3ccccc3)nn2)c1. The molecule has 2 amide bonds. The lowest BCUT2D eigenvalue weighted by Gasteiger charge is -2.15. The van der Waals surface area contributed by atoms with Gasteiger partial charge in [-0.3, -0.25) is 9.59 Å². The predicted molar refractivity (Wildman–Crippen MR) is 117 cm³/mol. The first-order valence-electron chi connectivity index (χ1n) is 10.1. The molecule has 0 saturated heterocycles. The summed E-state index contributed by atoms with van der Waals surface area (Å²) < 4.78 is 6.76. The summed E-state index contributed by atoms with van der Waals surface area (Å²) in [6.45, 7) is 1.34. The molecular formula is C23H27N5O3. The average molecular weight is 422 g/mol. The molecule has 0 unspecified atom stereocenters. The minimum absolute atomic E-state index is 0.0400. The summed E-state index contributed by atoms with van der Waals surface area (Å²) in [4.78, 5) is 26.2. The van der Waals surface area contributed by atoms with Crippen LogP contribution in [0.5, 0.6) is 5.75 Å². The lowest BCUT2D eigenvalue weighted by molar-refractivity contribution is -0.121. The van der Waals surface area contributed by atoms with Crippen LogP contribution in [0.3, 0.4) is 0 Å². The van der Waals surface area contributed by atoms with Gasteiger partial charge in [0, 0.05) is 26.6 Å². The van der Waals surface area contributed by atoms with Crippen molar-refractivity contribution in [3.63, 3.8) is 0 Å². The van der Waals surface area contributed by atoms with Crippen molar-refractivity contribution in [2.45, 2.75) is 25.9 Å². The fourth-order valence-corrected chi connectivity index (χ4v) is 3.11. The monoisotopic (exact) mass is 421 g/mol. The molecule has 1 aromatic heterocycles. The Morgan fingerprint density at radius 1 is 1.10 bits per heavy atom. The highest BCUT2D eigenvalue weighted by molar-refractivity contribution is 5.91. The number of nitrogens with one attached hydrogen (secondary N) is 1. The highest BCUT2D eigenvalue weighted by atomic mass is 16.5. The summed E-state index contributed by atoms with van der Waals surface area (Å²) in [5, 5.41) is 10.8. The lowest BCUT2D eigenvalue weighted by Crippen LogP contribution is -2.27. The van der Waals surface area contributed by atoms with Crippen LogP contribution in [-0.4, -0.2) is 52.4 Å². The topological polar surface area (TPSA) is 89.4 Å². The number of amides is 2. The Bertz CT molecular complexity index is 1000. The number of benzene rings is 2. The van der Waals surface area contributed by atoms with Crippen LogP contribution in [-0.2, 0) is 24.3 Å². The Morgan fingerprint density at radius 2 is 1.87 bits per heavy atom. The fourth-order valence-electron chi connectivity index (χ4n) is 3.11. The largest absolute Gasteiger partial charge is 0.497 e. The number of hydrogen-bond donors (Lipinski definition) is 1. The standard InChI is InChI=1S/C23H27N5O3/c1-27(16-19-7-4-3-5-8-19)23(30)21-17-28(26-25-21)14-13-24-22(29)12-11-18-9-6-10-20(15-18)31-2/h3-10,15,17H,11-14,16H2,1-2H3,(H,24,29). The van der Waals surface area contributed by atoms with Crippen molar-refractivity contribution in [3.05, 3.63) is 77.6 Å². The van der Waals surface area contributed by atoms with E-state index in [9.17, 15) is 9.59 Å².